The van der Waals surface area contributed by atoms with Crippen molar-refractivity contribution in [1.29, 1.82) is 5.41 Å². The quantitative estimate of drug-likeness (QED) is 0.520. The Kier molecular flexibility index (Phi) is 2.58. The van der Waals surface area contributed by atoms with E-state index in [1.54, 1.807) is 19.2 Å². The predicted octanol–water partition coefficient (Wildman–Crippen LogP) is 1.30. The number of carbonyl (C=O) groups is 1. The molecule has 3 nitrogen and oxygen atoms in total. The standard InChI is InChI=1S/C9H10N2O/c1-11-9-5-3-2-4-7(9)8(10)6-12/h2-6,10-11H,1H3. The van der Waals surface area contributed by atoms with Gasteiger partial charge in [-0.15, -0.1) is 0 Å². The van der Waals surface area contributed by atoms with E-state index >= 15 is 0 Å². The molecule has 0 saturated carbocycles. The van der Waals surface area contributed by atoms with E-state index in [4.69, 9.17) is 5.41 Å². The Morgan fingerprint density at radius 3 is 2.75 bits per heavy atom. The molecule has 0 bridgehead atoms. The van der Waals surface area contributed by atoms with Gasteiger partial charge < -0.3 is 5.32 Å². The van der Waals surface area contributed by atoms with Crippen LogP contribution in [0.15, 0.2) is 24.3 Å². The fourth-order valence-electron chi connectivity index (χ4n) is 0.999. The molecule has 0 fully saturated rings. The number of hydrogen-bond donors (Lipinski definition) is 2. The second-order valence-electron chi connectivity index (χ2n) is 2.33. The van der Waals surface area contributed by atoms with E-state index in [9.17, 15) is 4.79 Å². The molecular weight excluding hydrogens is 152 g/mol. The molecule has 2 N–H and O–H groups in total. The van der Waals surface area contributed by atoms with Gasteiger partial charge in [0.1, 0.15) is 5.71 Å². The van der Waals surface area contributed by atoms with Crippen molar-refractivity contribution < 1.29 is 4.79 Å². The lowest BCUT2D eigenvalue weighted by molar-refractivity contribution is -0.102. The molecular formula is C9H10N2O. The number of anilines is 1. The summed E-state index contributed by atoms with van der Waals surface area (Å²) in [5.41, 5.74) is 1.43. The van der Waals surface area contributed by atoms with Crippen LogP contribution >= 0.6 is 0 Å². The van der Waals surface area contributed by atoms with Gasteiger partial charge in [0.05, 0.1) is 0 Å². The average Bonchev–Trinajstić information content (AvgIpc) is 2.16. The molecule has 0 saturated heterocycles. The van der Waals surface area contributed by atoms with Crippen LogP contribution in [0.3, 0.4) is 0 Å². The van der Waals surface area contributed by atoms with Crippen molar-refractivity contribution in [1.82, 2.24) is 0 Å². The maximum atomic E-state index is 10.3. The summed E-state index contributed by atoms with van der Waals surface area (Å²) in [6.07, 6.45) is 0.538. The molecule has 0 aliphatic rings. The number of aldehydes is 1. The van der Waals surface area contributed by atoms with Gasteiger partial charge >= 0.3 is 0 Å². The van der Waals surface area contributed by atoms with Gasteiger partial charge in [0, 0.05) is 18.3 Å². The Morgan fingerprint density at radius 2 is 2.17 bits per heavy atom. The lowest BCUT2D eigenvalue weighted by Gasteiger charge is -2.05. The minimum absolute atomic E-state index is 0.0000463. The zero-order valence-corrected chi connectivity index (χ0v) is 6.79. The third-order valence-corrected chi connectivity index (χ3v) is 1.60. The highest BCUT2D eigenvalue weighted by Gasteiger charge is 2.03. The normalized spacial score (nSPS) is 9.08. The summed E-state index contributed by atoms with van der Waals surface area (Å²) in [5, 5.41) is 10.2. The summed E-state index contributed by atoms with van der Waals surface area (Å²) < 4.78 is 0. The number of rotatable bonds is 3. The average molecular weight is 162 g/mol. The van der Waals surface area contributed by atoms with Gasteiger partial charge in [-0.05, 0) is 6.07 Å². The highest BCUT2D eigenvalue weighted by Crippen LogP contribution is 2.13. The van der Waals surface area contributed by atoms with Crippen molar-refractivity contribution in [3.63, 3.8) is 0 Å². The maximum absolute atomic E-state index is 10.3. The molecule has 0 unspecified atom stereocenters. The smallest absolute Gasteiger partial charge is 0.168 e. The highest BCUT2D eigenvalue weighted by molar-refractivity contribution is 6.36. The molecule has 0 radical (unpaired) electrons. The van der Waals surface area contributed by atoms with Crippen LogP contribution in [0.2, 0.25) is 0 Å². The fraction of sp³-hybridized carbons (Fsp3) is 0.111. The molecule has 0 atom stereocenters. The summed E-state index contributed by atoms with van der Waals surface area (Å²) in [6, 6.07) is 7.22. The van der Waals surface area contributed by atoms with Crippen molar-refractivity contribution >= 4 is 17.7 Å². The van der Waals surface area contributed by atoms with Gasteiger partial charge in [-0.3, -0.25) is 10.2 Å². The van der Waals surface area contributed by atoms with Gasteiger partial charge in [0.25, 0.3) is 0 Å². The molecule has 1 rings (SSSR count). The summed E-state index contributed by atoms with van der Waals surface area (Å²) in [5.74, 6) is 0. The molecule has 0 spiro atoms. The van der Waals surface area contributed by atoms with E-state index in [2.05, 4.69) is 5.32 Å². The first-order valence-corrected chi connectivity index (χ1v) is 3.60. The number of nitrogens with one attached hydrogen (secondary N) is 2. The second kappa shape index (κ2) is 3.67. The Labute approximate surface area is 70.9 Å². The molecule has 12 heavy (non-hydrogen) atoms. The van der Waals surface area contributed by atoms with Crippen LogP contribution < -0.4 is 5.32 Å². The van der Waals surface area contributed by atoms with Crippen LogP contribution in [-0.2, 0) is 4.79 Å². The molecule has 1 aromatic rings. The van der Waals surface area contributed by atoms with Gasteiger partial charge in [0.15, 0.2) is 6.29 Å². The molecule has 62 valence electrons. The van der Waals surface area contributed by atoms with E-state index in [0.717, 1.165) is 5.69 Å². The van der Waals surface area contributed by atoms with Crippen LogP contribution in [0.1, 0.15) is 5.56 Å². The summed E-state index contributed by atoms with van der Waals surface area (Å²) in [7, 11) is 1.76. The minimum Gasteiger partial charge on any atom is -0.388 e. The van der Waals surface area contributed by atoms with Gasteiger partial charge in [-0.1, -0.05) is 18.2 Å². The SMILES string of the molecule is CNc1ccccc1C(=N)C=O. The number of hydrogen-bond acceptors (Lipinski definition) is 3. The highest BCUT2D eigenvalue weighted by atomic mass is 16.1. The van der Waals surface area contributed by atoms with Crippen molar-refractivity contribution in [2.75, 3.05) is 12.4 Å². The first kappa shape index (κ1) is 8.46. The second-order valence-corrected chi connectivity index (χ2v) is 2.33. The van der Waals surface area contributed by atoms with Crippen molar-refractivity contribution in [3.05, 3.63) is 29.8 Å². The lowest BCUT2D eigenvalue weighted by Crippen LogP contribution is -2.04. The summed E-state index contributed by atoms with van der Waals surface area (Å²) >= 11 is 0. The Hall–Kier alpha value is -1.64. The van der Waals surface area contributed by atoms with E-state index in [1.165, 1.54) is 0 Å². The zero-order valence-electron chi connectivity index (χ0n) is 6.79. The van der Waals surface area contributed by atoms with Crippen molar-refractivity contribution in [2.24, 2.45) is 0 Å². The monoisotopic (exact) mass is 162 g/mol. The van der Waals surface area contributed by atoms with Crippen molar-refractivity contribution in [3.8, 4) is 0 Å². The maximum Gasteiger partial charge on any atom is 0.168 e. The summed E-state index contributed by atoms with van der Waals surface area (Å²) in [4.78, 5) is 10.3. The van der Waals surface area contributed by atoms with Gasteiger partial charge in [-0.2, -0.15) is 0 Å². The van der Waals surface area contributed by atoms with Crippen LogP contribution in [0.4, 0.5) is 5.69 Å². The van der Waals surface area contributed by atoms with Crippen molar-refractivity contribution in [2.45, 2.75) is 0 Å². The van der Waals surface area contributed by atoms with Crippen LogP contribution in [0.5, 0.6) is 0 Å². The van der Waals surface area contributed by atoms with E-state index in [0.29, 0.717) is 11.8 Å². The topological polar surface area (TPSA) is 53.0 Å². The first-order valence-electron chi connectivity index (χ1n) is 3.60. The third kappa shape index (κ3) is 1.50. The molecule has 1 aromatic carbocycles. The van der Waals surface area contributed by atoms with Crippen LogP contribution in [0, 0.1) is 5.41 Å². The molecule has 0 heterocycles. The van der Waals surface area contributed by atoms with E-state index < -0.39 is 0 Å². The first-order chi connectivity index (χ1) is 5.79. The number of benzene rings is 1. The fourth-order valence-corrected chi connectivity index (χ4v) is 0.999. The Balaban J connectivity index is 3.13. The van der Waals surface area contributed by atoms with Gasteiger partial charge in [0.2, 0.25) is 0 Å². The molecule has 0 aromatic heterocycles. The Morgan fingerprint density at radius 1 is 1.50 bits per heavy atom. The van der Waals surface area contributed by atoms with Gasteiger partial charge in [-0.25, -0.2) is 0 Å². The molecule has 3 heteroatoms. The predicted molar refractivity (Wildman–Crippen MR) is 48.9 cm³/mol. The molecule has 0 aliphatic heterocycles. The lowest BCUT2D eigenvalue weighted by atomic mass is 10.1. The molecule has 0 amide bonds. The van der Waals surface area contributed by atoms with E-state index in [1.807, 2.05) is 12.1 Å². The third-order valence-electron chi connectivity index (χ3n) is 1.60. The Bertz CT molecular complexity index is 307. The van der Waals surface area contributed by atoms with Crippen LogP contribution in [0.25, 0.3) is 0 Å². The number of para-hydroxylation sites is 1. The number of carbonyl (C=O) groups excluding carboxylic acids is 1. The summed E-state index contributed by atoms with van der Waals surface area (Å²) in [6.45, 7) is 0. The van der Waals surface area contributed by atoms with Crippen LogP contribution in [-0.4, -0.2) is 19.0 Å². The zero-order chi connectivity index (χ0) is 8.97. The minimum atomic E-state index is -0.0000463. The van der Waals surface area contributed by atoms with E-state index in [-0.39, 0.29) is 5.71 Å². The largest absolute Gasteiger partial charge is 0.388 e. The molecule has 0 aliphatic carbocycles.